The molecule has 128 valence electrons. The third kappa shape index (κ3) is 2.69. The molecule has 2 atom stereocenters. The number of nitrogens with zero attached hydrogens (tertiary/aromatic N) is 1. The first-order valence-corrected chi connectivity index (χ1v) is 8.20. The summed E-state index contributed by atoms with van der Waals surface area (Å²) >= 11 is 0. The molecule has 0 aromatic heterocycles. The van der Waals surface area contributed by atoms with E-state index in [4.69, 9.17) is 9.47 Å². The molecule has 0 saturated heterocycles. The lowest BCUT2D eigenvalue weighted by Gasteiger charge is -2.35. The number of rotatable bonds is 2. The molecule has 0 bridgehead atoms. The number of amides is 2. The van der Waals surface area contributed by atoms with Crippen molar-refractivity contribution >= 4 is 17.5 Å². The maximum atomic E-state index is 13.1. The molecule has 25 heavy (non-hydrogen) atoms. The van der Waals surface area contributed by atoms with E-state index in [1.165, 1.54) is 0 Å². The van der Waals surface area contributed by atoms with Gasteiger partial charge in [-0.15, -0.1) is 0 Å². The van der Waals surface area contributed by atoms with Crippen molar-refractivity contribution in [2.24, 2.45) is 0 Å². The second kappa shape index (κ2) is 6.12. The van der Waals surface area contributed by atoms with E-state index in [2.05, 4.69) is 5.32 Å². The average Bonchev–Trinajstić information content (AvgIpc) is 3.10. The Kier molecular flexibility index (Phi) is 3.80. The maximum Gasteiger partial charge on any atom is 0.268 e. The van der Waals surface area contributed by atoms with Crippen molar-refractivity contribution in [2.45, 2.75) is 18.6 Å². The van der Waals surface area contributed by atoms with Crippen LogP contribution in [0, 0.1) is 0 Å². The minimum Gasteiger partial charge on any atom is -0.480 e. The number of hydrogen-bond donors (Lipinski definition) is 1. The number of carbonyl (C=O) groups excluding carboxylic acids is 2. The molecule has 0 spiro atoms. The molecular formula is C19H18N2O4. The molecule has 1 N–H and O–H groups in total. The Morgan fingerprint density at radius 2 is 1.68 bits per heavy atom. The number of benzene rings is 2. The van der Waals surface area contributed by atoms with Gasteiger partial charge < -0.3 is 19.7 Å². The molecule has 2 aromatic rings. The van der Waals surface area contributed by atoms with Gasteiger partial charge in [-0.1, -0.05) is 30.3 Å². The highest BCUT2D eigenvalue weighted by molar-refractivity contribution is 6.00. The van der Waals surface area contributed by atoms with Crippen LogP contribution in [-0.4, -0.2) is 37.6 Å². The third-order valence-corrected chi connectivity index (χ3v) is 4.50. The fraction of sp³-hybridized carbons (Fsp3) is 0.263. The van der Waals surface area contributed by atoms with Crippen LogP contribution in [0.1, 0.15) is 5.56 Å². The Balaban J connectivity index is 1.62. The van der Waals surface area contributed by atoms with Crippen LogP contribution >= 0.6 is 0 Å². The molecule has 0 saturated carbocycles. The molecule has 2 aromatic carbocycles. The smallest absolute Gasteiger partial charge is 0.268 e. The van der Waals surface area contributed by atoms with Crippen LogP contribution in [0.4, 0.5) is 5.69 Å². The first kappa shape index (κ1) is 15.5. The minimum atomic E-state index is -0.743. The lowest BCUT2D eigenvalue weighted by Crippen LogP contribution is -2.53. The van der Waals surface area contributed by atoms with Crippen LogP contribution in [-0.2, 0) is 16.0 Å². The van der Waals surface area contributed by atoms with Crippen LogP contribution in [0.5, 0.6) is 11.5 Å². The molecule has 0 radical (unpaired) electrons. The van der Waals surface area contributed by atoms with Gasteiger partial charge >= 0.3 is 0 Å². The van der Waals surface area contributed by atoms with E-state index in [1.807, 2.05) is 42.5 Å². The van der Waals surface area contributed by atoms with E-state index in [1.54, 1.807) is 18.0 Å². The summed E-state index contributed by atoms with van der Waals surface area (Å²) in [4.78, 5) is 26.7. The van der Waals surface area contributed by atoms with E-state index < -0.39 is 12.2 Å². The molecule has 6 heteroatoms. The monoisotopic (exact) mass is 338 g/mol. The van der Waals surface area contributed by atoms with Crippen molar-refractivity contribution in [1.29, 1.82) is 0 Å². The normalized spacial score (nSPS) is 20.8. The zero-order valence-corrected chi connectivity index (χ0v) is 13.8. The molecule has 2 amide bonds. The molecular weight excluding hydrogens is 320 g/mol. The molecule has 2 aliphatic rings. The molecule has 4 rings (SSSR count). The fourth-order valence-electron chi connectivity index (χ4n) is 3.23. The number of likely N-dealkylation sites (N-methyl/N-ethyl adjacent to an activating group) is 1. The number of carbonyl (C=O) groups is 2. The van der Waals surface area contributed by atoms with Crippen LogP contribution in [0.3, 0.4) is 0 Å². The summed E-state index contributed by atoms with van der Waals surface area (Å²) in [5.41, 5.74) is 1.68. The van der Waals surface area contributed by atoms with Crippen LogP contribution in [0.25, 0.3) is 0 Å². The zero-order chi connectivity index (χ0) is 17.4. The molecule has 6 nitrogen and oxygen atoms in total. The Labute approximate surface area is 145 Å². The minimum absolute atomic E-state index is 0.158. The highest BCUT2D eigenvalue weighted by Crippen LogP contribution is 2.36. The lowest BCUT2D eigenvalue weighted by molar-refractivity contribution is -0.129. The summed E-state index contributed by atoms with van der Waals surface area (Å²) < 4.78 is 11.6. The van der Waals surface area contributed by atoms with Crippen molar-refractivity contribution in [2.75, 3.05) is 18.5 Å². The van der Waals surface area contributed by atoms with Gasteiger partial charge in [-0.05, 0) is 23.8 Å². The van der Waals surface area contributed by atoms with Gasteiger partial charge in [0.1, 0.15) is 11.5 Å². The first-order chi connectivity index (χ1) is 12.2. The Morgan fingerprint density at radius 3 is 2.44 bits per heavy atom. The van der Waals surface area contributed by atoms with E-state index >= 15 is 0 Å². The summed E-state index contributed by atoms with van der Waals surface area (Å²) in [6, 6.07) is 14.9. The number of ether oxygens (including phenoxy) is 2. The Bertz CT molecular complexity index is 811. The van der Waals surface area contributed by atoms with Crippen molar-refractivity contribution < 1.29 is 19.1 Å². The van der Waals surface area contributed by atoms with Crippen LogP contribution < -0.4 is 19.7 Å². The highest BCUT2D eigenvalue weighted by Gasteiger charge is 2.39. The van der Waals surface area contributed by atoms with Crippen molar-refractivity contribution in [3.8, 4) is 11.5 Å². The van der Waals surface area contributed by atoms with Crippen LogP contribution in [0.2, 0.25) is 0 Å². The SMILES string of the molecule is CNC(=O)[C@H]1CN(C(=O)[C@H]2Cc3ccccc3O2)c2ccccc2O1. The zero-order valence-electron chi connectivity index (χ0n) is 13.8. The van der Waals surface area contributed by atoms with Gasteiger partial charge in [-0.2, -0.15) is 0 Å². The summed E-state index contributed by atoms with van der Waals surface area (Å²) in [6.07, 6.45) is -0.805. The number of nitrogens with one attached hydrogen (secondary N) is 1. The number of para-hydroxylation sites is 3. The van der Waals surface area contributed by atoms with E-state index in [0.717, 1.165) is 11.3 Å². The standard InChI is InChI=1S/C19H18N2O4/c1-20-18(22)17-11-21(13-7-3-5-9-15(13)25-17)19(23)16-10-12-6-2-4-8-14(12)24-16/h2-9,16-17H,10-11H2,1H3,(H,20,22)/t16-,17-/m1/s1. The summed E-state index contributed by atoms with van der Waals surface area (Å²) in [6.45, 7) is 0.158. The number of hydrogen-bond acceptors (Lipinski definition) is 4. The average molecular weight is 338 g/mol. The maximum absolute atomic E-state index is 13.1. The van der Waals surface area contributed by atoms with Gasteiger partial charge in [0.05, 0.1) is 12.2 Å². The van der Waals surface area contributed by atoms with Gasteiger partial charge in [0.25, 0.3) is 11.8 Å². The number of anilines is 1. The predicted molar refractivity (Wildman–Crippen MR) is 91.8 cm³/mol. The van der Waals surface area contributed by atoms with E-state index in [-0.39, 0.29) is 18.4 Å². The summed E-state index contributed by atoms with van der Waals surface area (Å²) in [5, 5.41) is 2.58. The van der Waals surface area contributed by atoms with Crippen LogP contribution in [0.15, 0.2) is 48.5 Å². The van der Waals surface area contributed by atoms with Crippen molar-refractivity contribution in [3.05, 3.63) is 54.1 Å². The van der Waals surface area contributed by atoms with Gasteiger partial charge in [0.2, 0.25) is 0 Å². The molecule has 2 aliphatic heterocycles. The summed E-state index contributed by atoms with van der Waals surface area (Å²) in [5.74, 6) is 0.834. The van der Waals surface area contributed by atoms with E-state index in [0.29, 0.717) is 17.9 Å². The Morgan fingerprint density at radius 1 is 1.00 bits per heavy atom. The van der Waals surface area contributed by atoms with Crippen molar-refractivity contribution in [3.63, 3.8) is 0 Å². The van der Waals surface area contributed by atoms with E-state index in [9.17, 15) is 9.59 Å². The highest BCUT2D eigenvalue weighted by atomic mass is 16.5. The number of fused-ring (bicyclic) bond motifs is 2. The lowest BCUT2D eigenvalue weighted by atomic mass is 10.1. The van der Waals surface area contributed by atoms with Gasteiger partial charge in [0, 0.05) is 13.5 Å². The molecule has 0 fully saturated rings. The second-order valence-electron chi connectivity index (χ2n) is 6.06. The molecule has 0 aliphatic carbocycles. The van der Waals surface area contributed by atoms with Crippen molar-refractivity contribution in [1.82, 2.24) is 5.32 Å². The Hall–Kier alpha value is -3.02. The second-order valence-corrected chi connectivity index (χ2v) is 6.06. The predicted octanol–water partition coefficient (Wildman–Crippen LogP) is 1.53. The fourth-order valence-corrected chi connectivity index (χ4v) is 3.23. The topological polar surface area (TPSA) is 67.9 Å². The molecule has 2 heterocycles. The van der Waals surface area contributed by atoms with Gasteiger partial charge in [-0.25, -0.2) is 0 Å². The quantitative estimate of drug-likeness (QED) is 0.902. The first-order valence-electron chi connectivity index (χ1n) is 8.20. The third-order valence-electron chi connectivity index (χ3n) is 4.50. The molecule has 0 unspecified atom stereocenters. The van der Waals surface area contributed by atoms with Gasteiger partial charge in [-0.3, -0.25) is 9.59 Å². The largest absolute Gasteiger partial charge is 0.480 e. The summed E-state index contributed by atoms with van der Waals surface area (Å²) in [7, 11) is 1.55. The van der Waals surface area contributed by atoms with Gasteiger partial charge in [0.15, 0.2) is 12.2 Å².